The van der Waals surface area contributed by atoms with Crippen molar-refractivity contribution < 1.29 is 14.7 Å². The van der Waals surface area contributed by atoms with Crippen molar-refractivity contribution in [3.8, 4) is 0 Å². The Kier molecular flexibility index (Phi) is 3.56. The number of carbonyl (C=O) groups excluding carboxylic acids is 1. The minimum atomic E-state index is -1.18. The van der Waals surface area contributed by atoms with Gasteiger partial charge in [0.1, 0.15) is 5.56 Å². The van der Waals surface area contributed by atoms with Crippen LogP contribution in [0.15, 0.2) is 24.4 Å². The third-order valence-corrected chi connectivity index (χ3v) is 3.13. The second-order valence-corrected chi connectivity index (χ2v) is 4.57. The number of nitrogens with zero attached hydrogens (tertiary/aromatic N) is 2. The number of carbonyl (C=O) groups is 2. The molecule has 20 heavy (non-hydrogen) atoms. The molecule has 0 fully saturated rings. The van der Waals surface area contributed by atoms with Crippen molar-refractivity contribution >= 4 is 17.6 Å². The molecule has 1 aromatic carbocycles. The Labute approximate surface area is 116 Å². The zero-order chi connectivity index (χ0) is 14.9. The number of amides is 1. The van der Waals surface area contributed by atoms with Crippen molar-refractivity contribution in [1.82, 2.24) is 9.78 Å². The van der Waals surface area contributed by atoms with Gasteiger partial charge in [-0.25, -0.2) is 4.79 Å². The van der Waals surface area contributed by atoms with Gasteiger partial charge >= 0.3 is 5.97 Å². The van der Waals surface area contributed by atoms with Crippen molar-refractivity contribution in [2.75, 3.05) is 5.32 Å². The zero-order valence-electron chi connectivity index (χ0n) is 11.5. The number of hydrogen-bond donors (Lipinski definition) is 2. The maximum Gasteiger partial charge on any atom is 0.339 e. The van der Waals surface area contributed by atoms with Crippen molar-refractivity contribution in [3.05, 3.63) is 46.8 Å². The van der Waals surface area contributed by atoms with Gasteiger partial charge < -0.3 is 10.4 Å². The molecule has 0 saturated carbocycles. The van der Waals surface area contributed by atoms with Gasteiger partial charge in [0.05, 0.1) is 0 Å². The molecular formula is C14H15N3O3. The first-order valence-electron chi connectivity index (χ1n) is 6.04. The van der Waals surface area contributed by atoms with Gasteiger partial charge in [-0.05, 0) is 31.0 Å². The molecule has 6 heteroatoms. The van der Waals surface area contributed by atoms with Crippen LogP contribution in [0.4, 0.5) is 5.69 Å². The first-order chi connectivity index (χ1) is 9.40. The quantitative estimate of drug-likeness (QED) is 0.895. The van der Waals surface area contributed by atoms with E-state index in [1.807, 2.05) is 26.0 Å². The van der Waals surface area contributed by atoms with Crippen LogP contribution in [0.1, 0.15) is 32.0 Å². The third kappa shape index (κ3) is 2.54. The molecule has 0 radical (unpaired) electrons. The standard InChI is InChI=1S/C14H15N3O3/c1-8-5-4-6-11(9(8)2)15-13(18)12-10(14(19)20)7-17(3)16-12/h4-7H,1-3H3,(H,15,18)(H,19,20). The van der Waals surface area contributed by atoms with Crippen molar-refractivity contribution in [1.29, 1.82) is 0 Å². The van der Waals surface area contributed by atoms with Gasteiger partial charge in [-0.2, -0.15) is 5.10 Å². The average Bonchev–Trinajstić information content (AvgIpc) is 2.77. The molecule has 2 N–H and O–H groups in total. The van der Waals surface area contributed by atoms with Crippen LogP contribution < -0.4 is 5.32 Å². The highest BCUT2D eigenvalue weighted by atomic mass is 16.4. The van der Waals surface area contributed by atoms with Gasteiger partial charge in [-0.15, -0.1) is 0 Å². The highest BCUT2D eigenvalue weighted by Gasteiger charge is 2.21. The molecule has 1 aromatic heterocycles. The fourth-order valence-corrected chi connectivity index (χ4v) is 1.88. The van der Waals surface area contributed by atoms with Crippen LogP contribution in [-0.2, 0) is 7.05 Å². The first-order valence-corrected chi connectivity index (χ1v) is 6.04. The second-order valence-electron chi connectivity index (χ2n) is 4.57. The zero-order valence-corrected chi connectivity index (χ0v) is 11.5. The molecule has 6 nitrogen and oxygen atoms in total. The van der Waals surface area contributed by atoms with Gasteiger partial charge in [0.25, 0.3) is 5.91 Å². The summed E-state index contributed by atoms with van der Waals surface area (Å²) < 4.78 is 1.31. The molecule has 1 amide bonds. The number of hydrogen-bond acceptors (Lipinski definition) is 3. The molecule has 0 atom stereocenters. The van der Waals surface area contributed by atoms with Crippen LogP contribution in [0.5, 0.6) is 0 Å². The molecule has 0 aliphatic heterocycles. The maximum absolute atomic E-state index is 12.2. The fourth-order valence-electron chi connectivity index (χ4n) is 1.88. The Bertz CT molecular complexity index is 689. The molecule has 0 aliphatic rings. The van der Waals surface area contributed by atoms with E-state index >= 15 is 0 Å². The predicted molar refractivity (Wildman–Crippen MR) is 74.0 cm³/mol. The Balaban J connectivity index is 2.33. The number of carboxylic acid groups (broad SMARTS) is 1. The molecule has 0 saturated heterocycles. The molecule has 2 rings (SSSR count). The lowest BCUT2D eigenvalue weighted by Gasteiger charge is -2.09. The summed E-state index contributed by atoms with van der Waals surface area (Å²) in [6.45, 7) is 3.83. The smallest absolute Gasteiger partial charge is 0.339 e. The molecule has 0 aliphatic carbocycles. The summed E-state index contributed by atoms with van der Waals surface area (Å²) in [7, 11) is 1.57. The SMILES string of the molecule is Cc1cccc(NC(=O)c2nn(C)cc2C(=O)O)c1C. The van der Waals surface area contributed by atoms with Gasteiger partial charge in [-0.3, -0.25) is 9.48 Å². The fraction of sp³-hybridized carbons (Fsp3) is 0.214. The van der Waals surface area contributed by atoms with Crippen LogP contribution in [0, 0.1) is 13.8 Å². The van der Waals surface area contributed by atoms with Crippen LogP contribution in [-0.4, -0.2) is 26.8 Å². The van der Waals surface area contributed by atoms with E-state index in [0.717, 1.165) is 11.1 Å². The average molecular weight is 273 g/mol. The van der Waals surface area contributed by atoms with Crippen molar-refractivity contribution in [3.63, 3.8) is 0 Å². The molecule has 2 aromatic rings. The number of aromatic nitrogens is 2. The monoisotopic (exact) mass is 273 g/mol. The van der Waals surface area contributed by atoms with E-state index in [1.54, 1.807) is 13.1 Å². The molecule has 0 spiro atoms. The van der Waals surface area contributed by atoms with Gasteiger partial charge in [0, 0.05) is 18.9 Å². The highest BCUT2D eigenvalue weighted by Crippen LogP contribution is 2.19. The Morgan fingerprint density at radius 2 is 2.00 bits per heavy atom. The molecule has 104 valence electrons. The first kappa shape index (κ1) is 13.8. The van der Waals surface area contributed by atoms with E-state index in [2.05, 4.69) is 10.4 Å². The van der Waals surface area contributed by atoms with Crippen molar-refractivity contribution in [2.45, 2.75) is 13.8 Å². The Morgan fingerprint density at radius 3 is 2.65 bits per heavy atom. The van der Waals surface area contributed by atoms with E-state index in [9.17, 15) is 9.59 Å². The van der Waals surface area contributed by atoms with E-state index < -0.39 is 11.9 Å². The lowest BCUT2D eigenvalue weighted by molar-refractivity contribution is 0.0692. The summed E-state index contributed by atoms with van der Waals surface area (Å²) in [6, 6.07) is 5.53. The minimum absolute atomic E-state index is 0.0964. The number of aryl methyl sites for hydroxylation is 2. The van der Waals surface area contributed by atoms with Gasteiger partial charge in [0.15, 0.2) is 5.69 Å². The highest BCUT2D eigenvalue weighted by molar-refractivity contribution is 6.09. The second kappa shape index (κ2) is 5.16. The van der Waals surface area contributed by atoms with E-state index in [0.29, 0.717) is 5.69 Å². The van der Waals surface area contributed by atoms with Crippen molar-refractivity contribution in [2.24, 2.45) is 7.05 Å². The largest absolute Gasteiger partial charge is 0.478 e. The summed E-state index contributed by atoms with van der Waals surface area (Å²) in [4.78, 5) is 23.2. The normalized spacial score (nSPS) is 10.3. The summed E-state index contributed by atoms with van der Waals surface area (Å²) >= 11 is 0. The number of anilines is 1. The molecule has 0 unspecified atom stereocenters. The van der Waals surface area contributed by atoms with Crippen LogP contribution in [0.2, 0.25) is 0 Å². The summed E-state index contributed by atoms with van der Waals surface area (Å²) in [5.41, 5.74) is 2.42. The number of carboxylic acids is 1. The summed E-state index contributed by atoms with van der Waals surface area (Å²) in [6.07, 6.45) is 1.31. The number of rotatable bonds is 3. The number of aromatic carboxylic acids is 1. The van der Waals surface area contributed by atoms with Crippen LogP contribution in [0.25, 0.3) is 0 Å². The lowest BCUT2D eigenvalue weighted by Crippen LogP contribution is -2.17. The Hall–Kier alpha value is -2.63. The maximum atomic E-state index is 12.2. The van der Waals surface area contributed by atoms with Gasteiger partial charge in [0.2, 0.25) is 0 Å². The van der Waals surface area contributed by atoms with E-state index in [1.165, 1.54) is 10.9 Å². The van der Waals surface area contributed by atoms with Crippen LogP contribution in [0.3, 0.4) is 0 Å². The third-order valence-electron chi connectivity index (χ3n) is 3.13. The Morgan fingerprint density at radius 1 is 1.30 bits per heavy atom. The molecule has 0 bridgehead atoms. The number of benzene rings is 1. The van der Waals surface area contributed by atoms with E-state index in [4.69, 9.17) is 5.11 Å². The topological polar surface area (TPSA) is 84.2 Å². The van der Waals surface area contributed by atoms with Gasteiger partial charge in [-0.1, -0.05) is 12.1 Å². The lowest BCUT2D eigenvalue weighted by atomic mass is 10.1. The minimum Gasteiger partial charge on any atom is -0.478 e. The molecule has 1 heterocycles. The summed E-state index contributed by atoms with van der Waals surface area (Å²) in [5, 5.41) is 15.7. The van der Waals surface area contributed by atoms with Crippen LogP contribution >= 0.6 is 0 Å². The molecular weight excluding hydrogens is 258 g/mol. The predicted octanol–water partition coefficient (Wildman–Crippen LogP) is 1.99. The number of nitrogens with one attached hydrogen (secondary N) is 1. The van der Waals surface area contributed by atoms with E-state index in [-0.39, 0.29) is 11.3 Å². The summed E-state index contributed by atoms with van der Waals surface area (Å²) in [5.74, 6) is -1.71.